The molecule has 0 bridgehead atoms. The van der Waals surface area contributed by atoms with E-state index in [1.807, 2.05) is 18.2 Å². The van der Waals surface area contributed by atoms with Crippen molar-refractivity contribution in [3.8, 4) is 0 Å². The molecule has 23 heavy (non-hydrogen) atoms. The lowest BCUT2D eigenvalue weighted by Crippen LogP contribution is -2.47. The van der Waals surface area contributed by atoms with Gasteiger partial charge in [-0.25, -0.2) is 0 Å². The second kappa shape index (κ2) is 9.55. The first-order valence-corrected chi connectivity index (χ1v) is 8.32. The van der Waals surface area contributed by atoms with E-state index in [0.29, 0.717) is 13.0 Å². The summed E-state index contributed by atoms with van der Waals surface area (Å²) < 4.78 is 0. The van der Waals surface area contributed by atoms with Gasteiger partial charge >= 0.3 is 0 Å². The maximum atomic E-state index is 11.7. The number of carbonyl (C=O) groups is 1. The Hall–Kier alpha value is -1.56. The van der Waals surface area contributed by atoms with Crippen molar-refractivity contribution < 1.29 is 9.90 Å². The van der Waals surface area contributed by atoms with Crippen LogP contribution in [0, 0.1) is 0 Å². The first kappa shape index (κ1) is 17.8. The van der Waals surface area contributed by atoms with Crippen LogP contribution < -0.4 is 10.2 Å². The normalized spacial score (nSPS) is 16.0. The van der Waals surface area contributed by atoms with Gasteiger partial charge in [0.25, 0.3) is 0 Å². The molecule has 1 heterocycles. The van der Waals surface area contributed by atoms with Gasteiger partial charge in [0.1, 0.15) is 0 Å². The van der Waals surface area contributed by atoms with E-state index < -0.39 is 0 Å². The topological polar surface area (TPSA) is 55.8 Å². The summed E-state index contributed by atoms with van der Waals surface area (Å²) in [5.41, 5.74) is 1.16. The molecule has 1 fully saturated rings. The molecule has 1 aliphatic heterocycles. The van der Waals surface area contributed by atoms with Crippen LogP contribution >= 0.6 is 11.6 Å². The summed E-state index contributed by atoms with van der Waals surface area (Å²) >= 11 is 6.04. The van der Waals surface area contributed by atoms with E-state index in [0.717, 1.165) is 43.4 Å². The Morgan fingerprint density at radius 1 is 1.26 bits per heavy atom. The highest BCUT2D eigenvalue weighted by Crippen LogP contribution is 2.20. The molecule has 1 amide bonds. The molecule has 0 spiro atoms. The minimum atomic E-state index is 0.00672. The zero-order valence-electron chi connectivity index (χ0n) is 13.2. The predicted octanol–water partition coefficient (Wildman–Crippen LogP) is 1.52. The number of piperazine rings is 1. The van der Waals surface area contributed by atoms with Gasteiger partial charge in [0.05, 0.1) is 6.61 Å². The smallest absolute Gasteiger partial charge is 0.221 e. The van der Waals surface area contributed by atoms with Crippen LogP contribution in [0.3, 0.4) is 0 Å². The molecule has 0 aliphatic carbocycles. The Bertz CT molecular complexity index is 528. The van der Waals surface area contributed by atoms with Crippen molar-refractivity contribution in [2.45, 2.75) is 6.42 Å². The van der Waals surface area contributed by atoms with Crippen LogP contribution in [0.4, 0.5) is 5.69 Å². The number of rotatable bonds is 7. The molecule has 6 heteroatoms. The molecular weight excluding hydrogens is 314 g/mol. The van der Waals surface area contributed by atoms with Gasteiger partial charge in [0.2, 0.25) is 5.91 Å². The van der Waals surface area contributed by atoms with Crippen LogP contribution in [0.1, 0.15) is 6.42 Å². The summed E-state index contributed by atoms with van der Waals surface area (Å²) in [7, 11) is 0. The Balaban J connectivity index is 1.67. The van der Waals surface area contributed by atoms with Crippen LogP contribution in [0.25, 0.3) is 0 Å². The summed E-state index contributed by atoms with van der Waals surface area (Å²) in [6.07, 6.45) is 3.88. The molecule has 2 N–H and O–H groups in total. The zero-order chi connectivity index (χ0) is 16.5. The van der Waals surface area contributed by atoms with Gasteiger partial charge in [-0.15, -0.1) is 0 Å². The monoisotopic (exact) mass is 337 g/mol. The molecule has 0 radical (unpaired) electrons. The number of amides is 1. The number of benzene rings is 1. The standard InChI is InChI=1S/C17H24ClN3O2/c18-15-4-3-5-16(14-15)21-11-9-20(10-12-21)8-6-17(23)19-7-1-2-13-22/h1-5,14,22H,6-13H2,(H,19,23). The molecule has 1 aromatic rings. The van der Waals surface area contributed by atoms with Crippen molar-refractivity contribution in [2.24, 2.45) is 0 Å². The maximum absolute atomic E-state index is 11.7. The van der Waals surface area contributed by atoms with Crippen molar-refractivity contribution in [1.29, 1.82) is 0 Å². The molecule has 1 aliphatic rings. The Labute approximate surface area is 142 Å². The average Bonchev–Trinajstić information content (AvgIpc) is 2.57. The van der Waals surface area contributed by atoms with Gasteiger partial charge in [-0.1, -0.05) is 29.8 Å². The van der Waals surface area contributed by atoms with Gasteiger partial charge in [-0.2, -0.15) is 0 Å². The zero-order valence-corrected chi connectivity index (χ0v) is 14.0. The first-order valence-electron chi connectivity index (χ1n) is 7.94. The lowest BCUT2D eigenvalue weighted by Gasteiger charge is -2.36. The van der Waals surface area contributed by atoms with Gasteiger partial charge in [0, 0.05) is 56.4 Å². The third-order valence-electron chi connectivity index (χ3n) is 3.89. The lowest BCUT2D eigenvalue weighted by molar-refractivity contribution is -0.121. The van der Waals surface area contributed by atoms with Crippen LogP contribution in [0.5, 0.6) is 0 Å². The summed E-state index contributed by atoms with van der Waals surface area (Å²) in [4.78, 5) is 16.3. The Morgan fingerprint density at radius 3 is 2.74 bits per heavy atom. The Morgan fingerprint density at radius 2 is 2.04 bits per heavy atom. The van der Waals surface area contributed by atoms with E-state index in [9.17, 15) is 4.79 Å². The van der Waals surface area contributed by atoms with Gasteiger partial charge in [-0.3, -0.25) is 9.69 Å². The summed E-state index contributed by atoms with van der Waals surface area (Å²) in [6.45, 7) is 5.05. The fourth-order valence-corrected chi connectivity index (χ4v) is 2.77. The lowest BCUT2D eigenvalue weighted by atomic mass is 10.2. The Kier molecular flexibility index (Phi) is 7.39. The van der Waals surface area contributed by atoms with Crippen molar-refractivity contribution in [2.75, 3.05) is 50.8 Å². The van der Waals surface area contributed by atoms with Crippen LogP contribution in [0.2, 0.25) is 5.02 Å². The predicted molar refractivity (Wildman–Crippen MR) is 94.0 cm³/mol. The first-order chi connectivity index (χ1) is 11.2. The fraction of sp³-hybridized carbons (Fsp3) is 0.471. The minimum absolute atomic E-state index is 0.00672. The number of aliphatic hydroxyl groups is 1. The number of anilines is 1. The maximum Gasteiger partial charge on any atom is 0.221 e. The van der Waals surface area contributed by atoms with E-state index in [4.69, 9.17) is 16.7 Å². The number of hydrogen-bond acceptors (Lipinski definition) is 4. The minimum Gasteiger partial charge on any atom is -0.392 e. The third-order valence-corrected chi connectivity index (χ3v) is 4.12. The van der Waals surface area contributed by atoms with E-state index in [-0.39, 0.29) is 12.5 Å². The molecule has 0 atom stereocenters. The third kappa shape index (κ3) is 6.22. The van der Waals surface area contributed by atoms with Crippen molar-refractivity contribution in [3.05, 3.63) is 41.4 Å². The SMILES string of the molecule is O=C(CCN1CCN(c2cccc(Cl)c2)CC1)NCC=CCO. The number of halogens is 1. The van der Waals surface area contributed by atoms with E-state index >= 15 is 0 Å². The fourth-order valence-electron chi connectivity index (χ4n) is 2.58. The summed E-state index contributed by atoms with van der Waals surface area (Å²) in [5, 5.41) is 12.2. The molecule has 0 saturated carbocycles. The van der Waals surface area contributed by atoms with Crippen LogP contribution in [-0.4, -0.2) is 61.8 Å². The van der Waals surface area contributed by atoms with E-state index in [2.05, 4.69) is 21.2 Å². The van der Waals surface area contributed by atoms with Gasteiger partial charge in [0.15, 0.2) is 0 Å². The number of carbonyl (C=O) groups excluding carboxylic acids is 1. The van der Waals surface area contributed by atoms with E-state index in [1.54, 1.807) is 12.2 Å². The highest BCUT2D eigenvalue weighted by molar-refractivity contribution is 6.30. The molecule has 1 aromatic carbocycles. The molecule has 1 saturated heterocycles. The van der Waals surface area contributed by atoms with Crippen LogP contribution in [-0.2, 0) is 4.79 Å². The number of nitrogens with one attached hydrogen (secondary N) is 1. The average molecular weight is 338 g/mol. The molecule has 0 aromatic heterocycles. The second-order valence-electron chi connectivity index (χ2n) is 5.52. The number of hydrogen-bond donors (Lipinski definition) is 2. The number of aliphatic hydroxyl groups excluding tert-OH is 1. The number of nitrogens with zero attached hydrogens (tertiary/aromatic N) is 2. The van der Waals surface area contributed by atoms with Gasteiger partial charge in [-0.05, 0) is 18.2 Å². The quantitative estimate of drug-likeness (QED) is 0.741. The summed E-state index contributed by atoms with van der Waals surface area (Å²) in [6, 6.07) is 7.93. The van der Waals surface area contributed by atoms with Gasteiger partial charge < -0.3 is 15.3 Å². The van der Waals surface area contributed by atoms with Crippen molar-refractivity contribution in [1.82, 2.24) is 10.2 Å². The summed E-state index contributed by atoms with van der Waals surface area (Å²) in [5.74, 6) is 0.0462. The van der Waals surface area contributed by atoms with E-state index in [1.165, 1.54) is 0 Å². The largest absolute Gasteiger partial charge is 0.392 e. The molecule has 126 valence electrons. The van der Waals surface area contributed by atoms with Crippen LogP contribution in [0.15, 0.2) is 36.4 Å². The molecule has 0 unspecified atom stereocenters. The molecule has 5 nitrogen and oxygen atoms in total. The second-order valence-corrected chi connectivity index (χ2v) is 5.95. The molecule has 2 rings (SSSR count). The molecular formula is C17H24ClN3O2. The van der Waals surface area contributed by atoms with Crippen molar-refractivity contribution in [3.63, 3.8) is 0 Å². The van der Waals surface area contributed by atoms with Crippen molar-refractivity contribution >= 4 is 23.2 Å². The highest BCUT2D eigenvalue weighted by Gasteiger charge is 2.17. The highest BCUT2D eigenvalue weighted by atomic mass is 35.5.